The Labute approximate surface area is 152 Å². The Morgan fingerprint density at radius 3 is 2.39 bits per heavy atom. The third kappa shape index (κ3) is 4.72. The zero-order valence-corrected chi connectivity index (χ0v) is 16.1. The van der Waals surface area contributed by atoms with Gasteiger partial charge in [-0.05, 0) is 50.1 Å². The summed E-state index contributed by atoms with van der Waals surface area (Å²) in [6, 6.07) is 13.3. The molecular weight excluding hydrogens is 426 g/mol. The number of rotatable bonds is 6. The maximum atomic E-state index is 12.3. The number of benzene rings is 2. The zero-order valence-electron chi connectivity index (χ0n) is 12.9. The summed E-state index contributed by atoms with van der Waals surface area (Å²) in [6.07, 6.45) is 0. The molecule has 0 saturated carbocycles. The first-order chi connectivity index (χ1) is 11.0. The van der Waals surface area contributed by atoms with E-state index in [1.807, 2.05) is 42.5 Å². The van der Waals surface area contributed by atoms with Crippen LogP contribution in [-0.2, 0) is 11.3 Å². The van der Waals surface area contributed by atoms with Gasteiger partial charge in [0.1, 0.15) is 11.5 Å². The van der Waals surface area contributed by atoms with Crippen LogP contribution in [0.4, 0.5) is 0 Å². The van der Waals surface area contributed by atoms with Gasteiger partial charge in [0.05, 0.1) is 16.1 Å². The second-order valence-electron chi connectivity index (χ2n) is 4.90. The molecule has 23 heavy (non-hydrogen) atoms. The predicted octanol–water partition coefficient (Wildman–Crippen LogP) is 4.26. The van der Waals surface area contributed by atoms with Crippen LogP contribution >= 0.6 is 31.9 Å². The minimum atomic E-state index is -0.112. The fourth-order valence-corrected chi connectivity index (χ4v) is 3.27. The minimum absolute atomic E-state index is 0.0349. The van der Waals surface area contributed by atoms with Crippen LogP contribution in [0.25, 0.3) is 0 Å². The van der Waals surface area contributed by atoms with Gasteiger partial charge in [-0.3, -0.25) is 4.79 Å². The van der Waals surface area contributed by atoms with E-state index in [-0.39, 0.29) is 12.5 Å². The van der Waals surface area contributed by atoms with E-state index in [0.29, 0.717) is 12.3 Å². The standard InChI is InChI=1S/C17H17Br2NO3/c1-20(10-12-6-3-4-9-15(12)22-2)16(21)11-23-17-13(18)7-5-8-14(17)19/h3-9H,10-11H2,1-2H3. The highest BCUT2D eigenvalue weighted by molar-refractivity contribution is 9.11. The van der Waals surface area contributed by atoms with E-state index < -0.39 is 0 Å². The molecule has 0 fully saturated rings. The van der Waals surface area contributed by atoms with Gasteiger partial charge in [-0.15, -0.1) is 0 Å². The van der Waals surface area contributed by atoms with E-state index in [2.05, 4.69) is 31.9 Å². The van der Waals surface area contributed by atoms with Crippen LogP contribution in [-0.4, -0.2) is 31.6 Å². The van der Waals surface area contributed by atoms with Gasteiger partial charge >= 0.3 is 0 Å². The van der Waals surface area contributed by atoms with E-state index in [1.165, 1.54) is 0 Å². The number of para-hydroxylation sites is 2. The molecule has 0 atom stereocenters. The Kier molecular flexibility index (Phi) is 6.47. The van der Waals surface area contributed by atoms with E-state index in [0.717, 1.165) is 20.3 Å². The zero-order chi connectivity index (χ0) is 16.8. The van der Waals surface area contributed by atoms with Crippen LogP contribution in [0.1, 0.15) is 5.56 Å². The Morgan fingerprint density at radius 2 is 1.74 bits per heavy atom. The minimum Gasteiger partial charge on any atom is -0.496 e. The molecular formula is C17H17Br2NO3. The number of carbonyl (C=O) groups excluding carboxylic acids is 1. The summed E-state index contributed by atoms with van der Waals surface area (Å²) in [5.74, 6) is 1.27. The summed E-state index contributed by atoms with van der Waals surface area (Å²) in [5.41, 5.74) is 0.952. The van der Waals surface area contributed by atoms with E-state index >= 15 is 0 Å². The second kappa shape index (κ2) is 8.36. The van der Waals surface area contributed by atoms with Gasteiger partial charge in [-0.1, -0.05) is 24.3 Å². The molecule has 0 spiro atoms. The smallest absolute Gasteiger partial charge is 0.260 e. The summed E-state index contributed by atoms with van der Waals surface area (Å²) >= 11 is 6.82. The van der Waals surface area contributed by atoms with Crippen molar-refractivity contribution in [2.75, 3.05) is 20.8 Å². The highest BCUT2D eigenvalue weighted by Gasteiger charge is 2.14. The third-order valence-electron chi connectivity index (χ3n) is 3.28. The summed E-state index contributed by atoms with van der Waals surface area (Å²) < 4.78 is 12.5. The highest BCUT2D eigenvalue weighted by atomic mass is 79.9. The lowest BCUT2D eigenvalue weighted by molar-refractivity contribution is -0.132. The van der Waals surface area contributed by atoms with E-state index in [9.17, 15) is 4.79 Å². The predicted molar refractivity (Wildman–Crippen MR) is 96.8 cm³/mol. The van der Waals surface area contributed by atoms with Crippen LogP contribution < -0.4 is 9.47 Å². The summed E-state index contributed by atoms with van der Waals surface area (Å²) in [6.45, 7) is 0.427. The van der Waals surface area contributed by atoms with Crippen LogP contribution in [0.3, 0.4) is 0 Å². The van der Waals surface area contributed by atoms with Crippen molar-refractivity contribution in [3.63, 3.8) is 0 Å². The van der Waals surface area contributed by atoms with Crippen molar-refractivity contribution < 1.29 is 14.3 Å². The lowest BCUT2D eigenvalue weighted by Gasteiger charge is -2.19. The Bertz CT molecular complexity index is 671. The average molecular weight is 443 g/mol. The van der Waals surface area contributed by atoms with Gasteiger partial charge in [-0.25, -0.2) is 0 Å². The van der Waals surface area contributed by atoms with Gasteiger partial charge < -0.3 is 14.4 Å². The maximum absolute atomic E-state index is 12.3. The number of ether oxygens (including phenoxy) is 2. The molecule has 0 aliphatic heterocycles. The quantitative estimate of drug-likeness (QED) is 0.670. The molecule has 122 valence electrons. The molecule has 0 aromatic heterocycles. The number of methoxy groups -OCH3 is 1. The maximum Gasteiger partial charge on any atom is 0.260 e. The van der Waals surface area contributed by atoms with Gasteiger partial charge in [-0.2, -0.15) is 0 Å². The van der Waals surface area contributed by atoms with Gasteiger partial charge in [0.2, 0.25) is 0 Å². The normalized spacial score (nSPS) is 10.3. The van der Waals surface area contributed by atoms with Gasteiger partial charge in [0.25, 0.3) is 5.91 Å². The Hall–Kier alpha value is -1.53. The summed E-state index contributed by atoms with van der Waals surface area (Å²) in [4.78, 5) is 13.9. The molecule has 0 aliphatic rings. The summed E-state index contributed by atoms with van der Waals surface area (Å²) in [7, 11) is 3.36. The third-order valence-corrected chi connectivity index (χ3v) is 4.53. The van der Waals surface area contributed by atoms with Gasteiger partial charge in [0, 0.05) is 19.2 Å². The number of hydrogen-bond acceptors (Lipinski definition) is 3. The molecule has 0 unspecified atom stereocenters. The first-order valence-corrected chi connectivity index (χ1v) is 8.54. The molecule has 2 rings (SSSR count). The number of hydrogen-bond donors (Lipinski definition) is 0. The van der Waals surface area contributed by atoms with Crippen molar-refractivity contribution in [3.8, 4) is 11.5 Å². The SMILES string of the molecule is COc1ccccc1CN(C)C(=O)COc1c(Br)cccc1Br. The molecule has 2 aromatic rings. The fraction of sp³-hybridized carbons (Fsp3) is 0.235. The first kappa shape index (κ1) is 17.8. The van der Waals surface area contributed by atoms with Gasteiger partial charge in [0.15, 0.2) is 6.61 Å². The van der Waals surface area contributed by atoms with Crippen molar-refractivity contribution >= 4 is 37.8 Å². The number of nitrogens with zero attached hydrogens (tertiary/aromatic N) is 1. The molecule has 4 nitrogen and oxygen atoms in total. The van der Waals surface area contributed by atoms with Crippen LogP contribution in [0.15, 0.2) is 51.4 Å². The molecule has 0 aliphatic carbocycles. The molecule has 0 bridgehead atoms. The first-order valence-electron chi connectivity index (χ1n) is 6.95. The molecule has 0 N–H and O–H groups in total. The molecule has 0 heterocycles. The average Bonchev–Trinajstić information content (AvgIpc) is 2.54. The van der Waals surface area contributed by atoms with Crippen molar-refractivity contribution in [2.24, 2.45) is 0 Å². The monoisotopic (exact) mass is 441 g/mol. The van der Waals surface area contributed by atoms with E-state index in [4.69, 9.17) is 9.47 Å². The van der Waals surface area contributed by atoms with Crippen LogP contribution in [0.2, 0.25) is 0 Å². The van der Waals surface area contributed by atoms with Crippen molar-refractivity contribution in [1.82, 2.24) is 4.90 Å². The van der Waals surface area contributed by atoms with E-state index in [1.54, 1.807) is 19.1 Å². The summed E-state index contributed by atoms with van der Waals surface area (Å²) in [5, 5.41) is 0. The molecule has 0 saturated heterocycles. The number of amides is 1. The molecule has 1 amide bonds. The lowest BCUT2D eigenvalue weighted by Crippen LogP contribution is -2.31. The number of carbonyl (C=O) groups is 1. The molecule has 6 heteroatoms. The van der Waals surface area contributed by atoms with Crippen molar-refractivity contribution in [3.05, 3.63) is 57.0 Å². The van der Waals surface area contributed by atoms with Crippen molar-refractivity contribution in [1.29, 1.82) is 0 Å². The fourth-order valence-electron chi connectivity index (χ4n) is 2.04. The van der Waals surface area contributed by atoms with Crippen LogP contribution in [0.5, 0.6) is 11.5 Å². The highest BCUT2D eigenvalue weighted by Crippen LogP contribution is 2.32. The van der Waals surface area contributed by atoms with Crippen LogP contribution in [0, 0.1) is 0 Å². The number of likely N-dealkylation sites (N-methyl/N-ethyl adjacent to an activating group) is 1. The van der Waals surface area contributed by atoms with Crippen molar-refractivity contribution in [2.45, 2.75) is 6.54 Å². The Morgan fingerprint density at radius 1 is 1.09 bits per heavy atom. The molecule has 2 aromatic carbocycles. The Balaban J connectivity index is 1.98. The second-order valence-corrected chi connectivity index (χ2v) is 6.61. The number of halogens is 2. The lowest BCUT2D eigenvalue weighted by atomic mass is 10.2. The molecule has 0 radical (unpaired) electrons. The topological polar surface area (TPSA) is 38.8 Å². The largest absolute Gasteiger partial charge is 0.496 e.